The summed E-state index contributed by atoms with van der Waals surface area (Å²) in [7, 11) is 0. The van der Waals surface area contributed by atoms with E-state index in [2.05, 4.69) is 6.92 Å². The third-order valence-electron chi connectivity index (χ3n) is 5.15. The molecule has 16 heavy (non-hydrogen) atoms. The first-order valence-electron chi connectivity index (χ1n) is 7.92. The molecule has 0 saturated heterocycles. The van der Waals surface area contributed by atoms with Crippen LogP contribution in [0.5, 0.6) is 0 Å². The number of hydrogen-bond acceptors (Lipinski definition) is 0. The van der Waals surface area contributed by atoms with Gasteiger partial charge in [0.05, 0.1) is 0 Å². The fraction of sp³-hybridized carbons (Fsp3) is 1.00. The summed E-state index contributed by atoms with van der Waals surface area (Å²) >= 11 is 0. The molecule has 0 aliphatic heterocycles. The molecule has 2 rings (SSSR count). The lowest BCUT2D eigenvalue weighted by Crippen LogP contribution is -2.30. The molecule has 0 aromatic heterocycles. The van der Waals surface area contributed by atoms with Gasteiger partial charge in [0.2, 0.25) is 0 Å². The van der Waals surface area contributed by atoms with Crippen LogP contribution in [0, 0.1) is 17.8 Å². The minimum absolute atomic E-state index is 1.12. The van der Waals surface area contributed by atoms with E-state index >= 15 is 0 Å². The second-order valence-corrected chi connectivity index (χ2v) is 6.25. The van der Waals surface area contributed by atoms with Gasteiger partial charge in [0.25, 0.3) is 0 Å². The van der Waals surface area contributed by atoms with E-state index in [-0.39, 0.29) is 0 Å². The molecule has 2 aliphatic rings. The van der Waals surface area contributed by atoms with Gasteiger partial charge in [0, 0.05) is 0 Å². The second-order valence-electron chi connectivity index (χ2n) is 6.25. The Balaban J connectivity index is 1.74. The highest BCUT2D eigenvalue weighted by Crippen LogP contribution is 2.45. The van der Waals surface area contributed by atoms with E-state index in [1.165, 1.54) is 38.5 Å². The van der Waals surface area contributed by atoms with E-state index in [0.717, 1.165) is 17.8 Å². The number of rotatable bonds is 5. The first-order chi connectivity index (χ1) is 7.92. The van der Waals surface area contributed by atoms with Crippen LogP contribution in [0.4, 0.5) is 0 Å². The van der Waals surface area contributed by atoms with E-state index in [4.69, 9.17) is 0 Å². The topological polar surface area (TPSA) is 0 Å². The van der Waals surface area contributed by atoms with Gasteiger partial charge in [-0.2, -0.15) is 0 Å². The van der Waals surface area contributed by atoms with Crippen molar-refractivity contribution in [3.63, 3.8) is 0 Å². The van der Waals surface area contributed by atoms with Crippen LogP contribution in [0.1, 0.15) is 84.0 Å². The summed E-state index contributed by atoms with van der Waals surface area (Å²) < 4.78 is 0. The Morgan fingerprint density at radius 2 is 1.62 bits per heavy atom. The monoisotopic (exact) mass is 222 g/mol. The lowest BCUT2D eigenvalue weighted by molar-refractivity contribution is 0.0961. The van der Waals surface area contributed by atoms with Crippen molar-refractivity contribution in [1.82, 2.24) is 0 Å². The summed E-state index contributed by atoms with van der Waals surface area (Å²) in [5.41, 5.74) is 0. The van der Waals surface area contributed by atoms with E-state index in [9.17, 15) is 0 Å². The van der Waals surface area contributed by atoms with E-state index in [1.807, 2.05) is 0 Å². The predicted molar refractivity (Wildman–Crippen MR) is 71.5 cm³/mol. The maximum atomic E-state index is 2.32. The molecule has 0 bridgehead atoms. The van der Waals surface area contributed by atoms with Gasteiger partial charge in [-0.3, -0.25) is 0 Å². The Hall–Kier alpha value is 0. The Morgan fingerprint density at radius 3 is 2.50 bits per heavy atom. The zero-order chi connectivity index (χ0) is 11.2. The molecule has 0 aromatic rings. The molecule has 2 aliphatic carbocycles. The Kier molecular flexibility index (Phi) is 5.19. The van der Waals surface area contributed by atoms with Crippen LogP contribution in [0.2, 0.25) is 0 Å². The maximum Gasteiger partial charge on any atom is -0.0357 e. The largest absolute Gasteiger partial charge is 0.0654 e. The van der Waals surface area contributed by atoms with E-state index in [0.29, 0.717) is 0 Å². The molecule has 2 saturated carbocycles. The average Bonchev–Trinajstić information content (AvgIpc) is 2.35. The third kappa shape index (κ3) is 3.25. The molecule has 0 heteroatoms. The van der Waals surface area contributed by atoms with Gasteiger partial charge in [-0.05, 0) is 24.2 Å². The zero-order valence-electron chi connectivity index (χ0n) is 11.2. The summed E-state index contributed by atoms with van der Waals surface area (Å²) in [5.74, 6) is 3.40. The molecule has 0 aromatic carbocycles. The fourth-order valence-corrected chi connectivity index (χ4v) is 4.26. The molecule has 2 fully saturated rings. The maximum absolute atomic E-state index is 2.32. The van der Waals surface area contributed by atoms with Gasteiger partial charge in [-0.25, -0.2) is 0 Å². The van der Waals surface area contributed by atoms with Gasteiger partial charge < -0.3 is 0 Å². The summed E-state index contributed by atoms with van der Waals surface area (Å²) in [6, 6.07) is 0. The van der Waals surface area contributed by atoms with Crippen LogP contribution in [-0.4, -0.2) is 0 Å². The Morgan fingerprint density at radius 1 is 0.812 bits per heavy atom. The molecule has 0 amide bonds. The number of unbranched alkanes of at least 4 members (excludes halogenated alkanes) is 3. The minimum Gasteiger partial charge on any atom is -0.0654 e. The first kappa shape index (κ1) is 12.5. The molecule has 0 spiro atoms. The number of fused-ring (bicyclic) bond motifs is 1. The molecular formula is C16H30. The van der Waals surface area contributed by atoms with Crippen molar-refractivity contribution in [2.75, 3.05) is 0 Å². The van der Waals surface area contributed by atoms with Gasteiger partial charge >= 0.3 is 0 Å². The molecule has 3 unspecified atom stereocenters. The van der Waals surface area contributed by atoms with Crippen LogP contribution in [-0.2, 0) is 0 Å². The quantitative estimate of drug-likeness (QED) is 0.534. The zero-order valence-corrected chi connectivity index (χ0v) is 11.2. The second kappa shape index (κ2) is 6.67. The van der Waals surface area contributed by atoms with Gasteiger partial charge in [-0.15, -0.1) is 0 Å². The average molecular weight is 222 g/mol. The predicted octanol–water partition coefficient (Wildman–Crippen LogP) is 5.56. The van der Waals surface area contributed by atoms with Crippen LogP contribution in [0.15, 0.2) is 0 Å². The highest BCUT2D eigenvalue weighted by molar-refractivity contribution is 4.85. The lowest BCUT2D eigenvalue weighted by atomic mass is 9.64. The third-order valence-corrected chi connectivity index (χ3v) is 5.15. The van der Waals surface area contributed by atoms with Crippen molar-refractivity contribution < 1.29 is 0 Å². The highest BCUT2D eigenvalue weighted by atomic mass is 14.4. The normalized spacial score (nSPS) is 34.7. The van der Waals surface area contributed by atoms with Crippen molar-refractivity contribution in [1.29, 1.82) is 0 Å². The van der Waals surface area contributed by atoms with Crippen molar-refractivity contribution in [2.24, 2.45) is 17.8 Å². The van der Waals surface area contributed by atoms with E-state index < -0.39 is 0 Å². The Bertz CT molecular complexity index is 182. The minimum atomic E-state index is 1.12. The summed E-state index contributed by atoms with van der Waals surface area (Å²) in [6.07, 6.45) is 18.3. The van der Waals surface area contributed by atoms with Gasteiger partial charge in [0.15, 0.2) is 0 Å². The molecule has 0 radical (unpaired) electrons. The summed E-state index contributed by atoms with van der Waals surface area (Å²) in [6.45, 7) is 2.32. The van der Waals surface area contributed by atoms with Gasteiger partial charge in [-0.1, -0.05) is 77.6 Å². The molecule has 3 atom stereocenters. The highest BCUT2D eigenvalue weighted by Gasteiger charge is 2.33. The molecule has 0 N–H and O–H groups in total. The fourth-order valence-electron chi connectivity index (χ4n) is 4.26. The Labute approximate surface area is 102 Å². The lowest BCUT2D eigenvalue weighted by Gasteiger charge is -2.41. The summed E-state index contributed by atoms with van der Waals surface area (Å²) in [5, 5.41) is 0. The van der Waals surface area contributed by atoms with Gasteiger partial charge in [0.1, 0.15) is 0 Å². The molecular weight excluding hydrogens is 192 g/mol. The van der Waals surface area contributed by atoms with Crippen LogP contribution >= 0.6 is 0 Å². The summed E-state index contributed by atoms with van der Waals surface area (Å²) in [4.78, 5) is 0. The van der Waals surface area contributed by atoms with Crippen LogP contribution in [0.25, 0.3) is 0 Å². The van der Waals surface area contributed by atoms with Crippen molar-refractivity contribution in [3.05, 3.63) is 0 Å². The van der Waals surface area contributed by atoms with Crippen molar-refractivity contribution in [2.45, 2.75) is 84.0 Å². The van der Waals surface area contributed by atoms with Crippen molar-refractivity contribution in [3.8, 4) is 0 Å². The van der Waals surface area contributed by atoms with Crippen molar-refractivity contribution >= 4 is 0 Å². The SMILES string of the molecule is CCCCCCC1CCCC2CCCCC12. The van der Waals surface area contributed by atoms with E-state index in [1.54, 1.807) is 38.5 Å². The standard InChI is InChI=1S/C16H30/c1-2-3-4-5-9-14-11-8-12-15-10-6-7-13-16(14)15/h14-16H,2-13H2,1H3. The number of hydrogen-bond donors (Lipinski definition) is 0. The van der Waals surface area contributed by atoms with Crippen LogP contribution < -0.4 is 0 Å². The van der Waals surface area contributed by atoms with Crippen LogP contribution in [0.3, 0.4) is 0 Å². The molecule has 0 nitrogen and oxygen atoms in total. The smallest absolute Gasteiger partial charge is 0.0357 e. The first-order valence-corrected chi connectivity index (χ1v) is 7.92. The molecule has 0 heterocycles. The molecule has 94 valence electrons.